The molecule has 2 aliphatic carbocycles. The van der Waals surface area contributed by atoms with Crippen molar-refractivity contribution in [1.29, 1.82) is 0 Å². The van der Waals surface area contributed by atoms with E-state index in [0.29, 0.717) is 6.54 Å². The number of carboxylic acids is 1. The summed E-state index contributed by atoms with van der Waals surface area (Å²) in [6.07, 6.45) is 3.35. The minimum atomic E-state index is -0.810. The van der Waals surface area contributed by atoms with Crippen molar-refractivity contribution in [2.24, 2.45) is 5.92 Å². The van der Waals surface area contributed by atoms with E-state index in [4.69, 9.17) is 9.47 Å². The van der Waals surface area contributed by atoms with Gasteiger partial charge >= 0.3 is 5.97 Å². The third kappa shape index (κ3) is 4.84. The van der Waals surface area contributed by atoms with Gasteiger partial charge in [-0.1, -0.05) is 30.3 Å². The molecule has 0 aromatic heterocycles. The second-order valence-corrected chi connectivity index (χ2v) is 11.2. The van der Waals surface area contributed by atoms with Crippen molar-refractivity contribution >= 4 is 5.97 Å². The maximum atomic E-state index is 11.5. The van der Waals surface area contributed by atoms with Crippen molar-refractivity contribution in [1.82, 2.24) is 5.32 Å². The molecule has 0 unspecified atom stereocenters. The normalized spacial score (nSPS) is 23.7. The van der Waals surface area contributed by atoms with Crippen LogP contribution in [0.4, 0.5) is 0 Å². The number of fused-ring (bicyclic) bond motifs is 4. The van der Waals surface area contributed by atoms with E-state index in [9.17, 15) is 15.0 Å². The Labute approximate surface area is 207 Å². The number of aliphatic hydroxyl groups is 1. The fraction of sp³-hybridized carbons (Fsp3) is 0.552. The van der Waals surface area contributed by atoms with Gasteiger partial charge in [-0.15, -0.1) is 0 Å². The molecule has 1 saturated carbocycles. The van der Waals surface area contributed by atoms with E-state index in [-0.39, 0.29) is 30.3 Å². The van der Waals surface area contributed by atoms with Gasteiger partial charge in [0.15, 0.2) is 0 Å². The quantitative estimate of drug-likeness (QED) is 0.476. The third-order valence-electron chi connectivity index (χ3n) is 7.85. The summed E-state index contributed by atoms with van der Waals surface area (Å²) in [5.74, 6) is -0.579. The number of hydrogen-bond donors (Lipinski definition) is 3. The molecule has 6 heteroatoms. The zero-order valence-electron chi connectivity index (χ0n) is 21.1. The molecule has 1 heterocycles. The summed E-state index contributed by atoms with van der Waals surface area (Å²) in [7, 11) is 0. The molecule has 0 bridgehead atoms. The molecule has 6 nitrogen and oxygen atoms in total. The molecule has 0 saturated heterocycles. The number of rotatable bonds is 10. The molecule has 0 amide bonds. The van der Waals surface area contributed by atoms with Gasteiger partial charge in [-0.3, -0.25) is 4.79 Å². The smallest absolute Gasteiger partial charge is 0.311 e. The van der Waals surface area contributed by atoms with E-state index in [0.717, 1.165) is 28.9 Å². The van der Waals surface area contributed by atoms with Crippen molar-refractivity contribution in [3.8, 4) is 5.75 Å². The summed E-state index contributed by atoms with van der Waals surface area (Å²) in [4.78, 5) is 11.5. The molecule has 3 aliphatic rings. The molecule has 2 aromatic rings. The fourth-order valence-electron chi connectivity index (χ4n) is 5.89. The van der Waals surface area contributed by atoms with Crippen LogP contribution in [-0.4, -0.2) is 47.1 Å². The zero-order valence-corrected chi connectivity index (χ0v) is 21.1. The number of aliphatic hydroxyl groups excluding tert-OH is 1. The van der Waals surface area contributed by atoms with E-state index in [1.165, 1.54) is 36.0 Å². The topological polar surface area (TPSA) is 88.0 Å². The van der Waals surface area contributed by atoms with Gasteiger partial charge in [-0.2, -0.15) is 0 Å². The first-order chi connectivity index (χ1) is 16.6. The number of β-amino-alcohol motifs (C(OH)–C–C–N with tert-alkyl or cyclic N) is 1. The predicted molar refractivity (Wildman–Crippen MR) is 134 cm³/mol. The molecule has 3 N–H and O–H groups in total. The van der Waals surface area contributed by atoms with Crippen LogP contribution in [0.15, 0.2) is 30.3 Å². The first-order valence-corrected chi connectivity index (χ1v) is 12.8. The molecular weight excluding hydrogens is 442 g/mol. The molecule has 5 rings (SSSR count). The van der Waals surface area contributed by atoms with Crippen LogP contribution in [-0.2, 0) is 28.8 Å². The number of aryl methyl sites for hydroxylation is 3. The number of benzene rings is 2. The average molecular weight is 480 g/mol. The van der Waals surface area contributed by atoms with E-state index in [2.05, 4.69) is 37.4 Å². The monoisotopic (exact) mass is 479 g/mol. The lowest BCUT2D eigenvalue weighted by Crippen LogP contribution is -2.46. The van der Waals surface area contributed by atoms with Crippen molar-refractivity contribution in [2.75, 3.05) is 13.2 Å². The van der Waals surface area contributed by atoms with Gasteiger partial charge in [-0.05, 0) is 81.2 Å². The van der Waals surface area contributed by atoms with E-state index in [1.54, 1.807) is 0 Å². The Bertz CT molecular complexity index is 1130. The van der Waals surface area contributed by atoms with Crippen LogP contribution in [0.5, 0.6) is 5.75 Å². The minimum Gasteiger partial charge on any atom is -0.488 e. The van der Waals surface area contributed by atoms with Crippen molar-refractivity contribution in [3.63, 3.8) is 0 Å². The van der Waals surface area contributed by atoms with E-state index in [1.807, 2.05) is 26.0 Å². The molecule has 1 aliphatic heterocycles. The maximum absolute atomic E-state index is 11.5. The van der Waals surface area contributed by atoms with Crippen molar-refractivity contribution in [2.45, 2.75) is 83.1 Å². The van der Waals surface area contributed by atoms with Crippen LogP contribution in [0, 0.1) is 12.8 Å². The highest BCUT2D eigenvalue weighted by atomic mass is 16.5. The van der Waals surface area contributed by atoms with Crippen molar-refractivity contribution in [3.05, 3.63) is 63.7 Å². The Balaban J connectivity index is 1.15. The molecule has 5 atom stereocenters. The summed E-state index contributed by atoms with van der Waals surface area (Å²) in [5, 5.41) is 23.6. The number of ether oxygens (including phenoxy) is 2. The fourth-order valence-corrected chi connectivity index (χ4v) is 5.89. The summed E-state index contributed by atoms with van der Waals surface area (Å²) in [5.41, 5.74) is 7.10. The summed E-state index contributed by atoms with van der Waals surface area (Å²) >= 11 is 0. The van der Waals surface area contributed by atoms with Gasteiger partial charge in [0, 0.05) is 23.6 Å². The van der Waals surface area contributed by atoms with Crippen LogP contribution in [0.2, 0.25) is 0 Å². The lowest BCUT2D eigenvalue weighted by molar-refractivity contribution is -0.139. The molecule has 0 radical (unpaired) electrons. The Kier molecular flexibility index (Phi) is 6.41. The number of aliphatic carboxylic acids is 1. The standard InChI is InChI=1S/C29H37NO5/c1-16-8-11-22(23-24-25(28(32)33)27(24)35-26(16)23)17(2)34-15-21(31)14-30-29(3,4)13-18-9-10-19-6-5-7-20(19)12-18/h8-12,17,21,24-25,27,30-31H,5-7,13-15H2,1-4H3,(H,32,33)/t17-,21-,24+,25+,27+/m1/s1. The summed E-state index contributed by atoms with van der Waals surface area (Å²) in [6.45, 7) is 8.89. The van der Waals surface area contributed by atoms with Crippen LogP contribution in [0.3, 0.4) is 0 Å². The van der Waals surface area contributed by atoms with Gasteiger partial charge in [0.1, 0.15) is 17.8 Å². The highest BCUT2D eigenvalue weighted by Crippen LogP contribution is 2.61. The van der Waals surface area contributed by atoms with Crippen LogP contribution >= 0.6 is 0 Å². The van der Waals surface area contributed by atoms with Crippen LogP contribution in [0.25, 0.3) is 0 Å². The molecule has 188 valence electrons. The molecule has 0 spiro atoms. The lowest BCUT2D eigenvalue weighted by atomic mass is 9.93. The number of carbonyl (C=O) groups is 1. The lowest BCUT2D eigenvalue weighted by Gasteiger charge is -2.29. The van der Waals surface area contributed by atoms with Gasteiger partial charge < -0.3 is 25.0 Å². The van der Waals surface area contributed by atoms with Crippen LogP contribution < -0.4 is 10.1 Å². The molecule has 35 heavy (non-hydrogen) atoms. The maximum Gasteiger partial charge on any atom is 0.311 e. The molecule has 1 fully saturated rings. The van der Waals surface area contributed by atoms with Gasteiger partial charge in [-0.25, -0.2) is 0 Å². The largest absolute Gasteiger partial charge is 0.488 e. The Morgan fingerprint density at radius 3 is 2.77 bits per heavy atom. The van der Waals surface area contributed by atoms with Crippen molar-refractivity contribution < 1.29 is 24.5 Å². The van der Waals surface area contributed by atoms with Gasteiger partial charge in [0.25, 0.3) is 0 Å². The molecule has 2 aromatic carbocycles. The summed E-state index contributed by atoms with van der Waals surface area (Å²) < 4.78 is 12.0. The Hall–Kier alpha value is -2.41. The summed E-state index contributed by atoms with van der Waals surface area (Å²) in [6, 6.07) is 10.8. The zero-order chi connectivity index (χ0) is 24.9. The first kappa shape index (κ1) is 24.3. The average Bonchev–Trinajstić information content (AvgIpc) is 3.12. The highest BCUT2D eigenvalue weighted by molar-refractivity contribution is 5.79. The van der Waals surface area contributed by atoms with Crippen LogP contribution in [0.1, 0.15) is 72.6 Å². The number of nitrogens with one attached hydrogen (secondary N) is 1. The second-order valence-electron chi connectivity index (χ2n) is 11.2. The van der Waals surface area contributed by atoms with Gasteiger partial charge in [0.05, 0.1) is 18.8 Å². The predicted octanol–water partition coefficient (Wildman–Crippen LogP) is 4.09. The second kappa shape index (κ2) is 9.23. The van der Waals surface area contributed by atoms with Gasteiger partial charge in [0.2, 0.25) is 0 Å². The Morgan fingerprint density at radius 1 is 1.23 bits per heavy atom. The van der Waals surface area contributed by atoms with E-state index < -0.39 is 18.0 Å². The minimum absolute atomic E-state index is 0.102. The SMILES string of the molecule is Cc1ccc([C@@H](C)OC[C@H](O)CNC(C)(C)Cc2ccc3c(c2)CCC3)c2c1O[C@@H]1[C@@H](C(=O)O)[C@H]21. The van der Waals surface area contributed by atoms with E-state index >= 15 is 0 Å². The highest BCUT2D eigenvalue weighted by Gasteiger charge is 2.64. The number of carboxylic acid groups (broad SMARTS) is 1. The third-order valence-corrected chi connectivity index (χ3v) is 7.85. The first-order valence-electron chi connectivity index (χ1n) is 12.8. The number of hydrogen-bond acceptors (Lipinski definition) is 5. The molecular formula is C29H37NO5. The Morgan fingerprint density at radius 2 is 2.00 bits per heavy atom.